The van der Waals surface area contributed by atoms with Crippen LogP contribution in [0, 0.1) is 12.8 Å². The first-order chi connectivity index (χ1) is 12.2. The van der Waals surface area contributed by atoms with Crippen LogP contribution in [0.25, 0.3) is 0 Å². The average molecular weight is 379 g/mol. The van der Waals surface area contributed by atoms with Crippen LogP contribution < -0.4 is 9.46 Å². The number of hydrogen-bond acceptors (Lipinski definition) is 5. The number of carboxylic acid groups (broad SMARTS) is 1. The number of anilines is 1. The Balaban J connectivity index is 1.88. The lowest BCUT2D eigenvalue weighted by Gasteiger charge is -2.12. The van der Waals surface area contributed by atoms with E-state index >= 15 is 0 Å². The van der Waals surface area contributed by atoms with E-state index in [2.05, 4.69) is 16.7 Å². The van der Waals surface area contributed by atoms with Crippen molar-refractivity contribution < 1.29 is 23.1 Å². The van der Waals surface area contributed by atoms with E-state index in [1.54, 1.807) is 6.07 Å². The first-order valence-electron chi connectivity index (χ1n) is 8.23. The number of benzene rings is 1. The molecular formula is C17H21N3O5S. The van der Waals surface area contributed by atoms with E-state index in [1.165, 1.54) is 19.2 Å². The Kier molecular flexibility index (Phi) is 4.66. The molecule has 9 heteroatoms. The van der Waals surface area contributed by atoms with Crippen LogP contribution >= 0.6 is 0 Å². The molecule has 26 heavy (non-hydrogen) atoms. The lowest BCUT2D eigenvalue weighted by Crippen LogP contribution is -2.15. The number of aryl methyl sites for hydroxylation is 1. The van der Waals surface area contributed by atoms with Crippen LogP contribution in [-0.2, 0) is 10.0 Å². The first-order valence-corrected chi connectivity index (χ1v) is 9.71. The highest BCUT2D eigenvalue weighted by atomic mass is 32.2. The van der Waals surface area contributed by atoms with E-state index in [0.29, 0.717) is 5.92 Å². The molecule has 1 heterocycles. The fourth-order valence-electron chi connectivity index (χ4n) is 2.95. The number of sulfonamides is 1. The van der Waals surface area contributed by atoms with Crippen molar-refractivity contribution in [3.63, 3.8) is 0 Å². The van der Waals surface area contributed by atoms with Crippen LogP contribution in [-0.4, -0.2) is 36.4 Å². The Morgan fingerprint density at radius 2 is 2.08 bits per heavy atom. The van der Waals surface area contributed by atoms with Gasteiger partial charge in [-0.05, 0) is 50.8 Å². The molecule has 0 radical (unpaired) electrons. The molecule has 0 bridgehead atoms. The van der Waals surface area contributed by atoms with Crippen LogP contribution in [0.3, 0.4) is 0 Å². The largest absolute Gasteiger partial charge is 0.496 e. The van der Waals surface area contributed by atoms with Crippen molar-refractivity contribution in [1.82, 2.24) is 9.78 Å². The summed E-state index contributed by atoms with van der Waals surface area (Å²) in [7, 11) is -2.65. The minimum atomic E-state index is -3.97. The molecule has 1 saturated carbocycles. The minimum absolute atomic E-state index is 0.0924. The summed E-state index contributed by atoms with van der Waals surface area (Å²) < 4.78 is 34.4. The zero-order chi connectivity index (χ0) is 19.1. The summed E-state index contributed by atoms with van der Waals surface area (Å²) in [5.74, 6) is -0.382. The van der Waals surface area contributed by atoms with E-state index in [0.717, 1.165) is 24.6 Å². The summed E-state index contributed by atoms with van der Waals surface area (Å²) in [5, 5.41) is 13.6. The molecule has 1 unspecified atom stereocenters. The van der Waals surface area contributed by atoms with Gasteiger partial charge < -0.3 is 9.84 Å². The predicted octanol–water partition coefficient (Wildman–Crippen LogP) is 2.67. The number of rotatable bonds is 7. The summed E-state index contributed by atoms with van der Waals surface area (Å²) in [6.45, 7) is 3.94. The van der Waals surface area contributed by atoms with Gasteiger partial charge in [0.05, 0.1) is 18.0 Å². The predicted molar refractivity (Wildman–Crippen MR) is 95.2 cm³/mol. The van der Waals surface area contributed by atoms with E-state index in [4.69, 9.17) is 4.74 Å². The Labute approximate surface area is 151 Å². The Bertz CT molecular complexity index is 947. The molecule has 1 aliphatic rings. The van der Waals surface area contributed by atoms with Crippen LogP contribution in [0.4, 0.5) is 5.82 Å². The van der Waals surface area contributed by atoms with E-state index in [1.807, 2.05) is 11.6 Å². The fraction of sp³-hybridized carbons (Fsp3) is 0.412. The molecule has 0 amide bonds. The van der Waals surface area contributed by atoms with Crippen molar-refractivity contribution in [2.75, 3.05) is 11.8 Å². The van der Waals surface area contributed by atoms with Crippen LogP contribution in [0.5, 0.6) is 5.75 Å². The summed E-state index contributed by atoms with van der Waals surface area (Å²) in [4.78, 5) is 11.1. The maximum atomic E-state index is 12.6. The Morgan fingerprint density at radius 1 is 1.38 bits per heavy atom. The average Bonchev–Trinajstić information content (AvgIpc) is 3.37. The van der Waals surface area contributed by atoms with Crippen molar-refractivity contribution in [3.05, 3.63) is 35.5 Å². The van der Waals surface area contributed by atoms with Crippen LogP contribution in [0.2, 0.25) is 0 Å². The van der Waals surface area contributed by atoms with Gasteiger partial charge in [-0.25, -0.2) is 13.2 Å². The van der Waals surface area contributed by atoms with Gasteiger partial charge in [0, 0.05) is 11.8 Å². The highest BCUT2D eigenvalue weighted by molar-refractivity contribution is 7.92. The van der Waals surface area contributed by atoms with Gasteiger partial charge >= 0.3 is 5.97 Å². The number of ether oxygens (including phenoxy) is 1. The van der Waals surface area contributed by atoms with Gasteiger partial charge in [-0.3, -0.25) is 9.40 Å². The van der Waals surface area contributed by atoms with Gasteiger partial charge in [-0.15, -0.1) is 0 Å². The molecule has 2 aromatic rings. The van der Waals surface area contributed by atoms with E-state index in [-0.39, 0.29) is 28.1 Å². The van der Waals surface area contributed by atoms with Gasteiger partial charge in [-0.1, -0.05) is 0 Å². The maximum Gasteiger partial charge on any atom is 0.339 e. The smallest absolute Gasteiger partial charge is 0.339 e. The number of aromatic carboxylic acids is 1. The highest BCUT2D eigenvalue weighted by Gasteiger charge is 2.31. The molecule has 1 aromatic carbocycles. The summed E-state index contributed by atoms with van der Waals surface area (Å²) in [6.07, 6.45) is 2.32. The third-order valence-corrected chi connectivity index (χ3v) is 5.92. The van der Waals surface area contributed by atoms with Gasteiger partial charge in [0.15, 0.2) is 5.82 Å². The maximum absolute atomic E-state index is 12.6. The van der Waals surface area contributed by atoms with E-state index < -0.39 is 16.0 Å². The molecule has 140 valence electrons. The minimum Gasteiger partial charge on any atom is -0.496 e. The molecule has 0 aliphatic heterocycles. The molecular weight excluding hydrogens is 358 g/mol. The van der Waals surface area contributed by atoms with Crippen molar-refractivity contribution >= 4 is 21.8 Å². The van der Waals surface area contributed by atoms with Gasteiger partial charge in [0.25, 0.3) is 10.0 Å². The number of nitrogens with zero attached hydrogens (tertiary/aromatic N) is 2. The molecule has 2 N–H and O–H groups in total. The second kappa shape index (κ2) is 6.64. The highest BCUT2D eigenvalue weighted by Crippen LogP contribution is 2.40. The summed E-state index contributed by atoms with van der Waals surface area (Å²) >= 11 is 0. The number of carbonyl (C=O) groups is 1. The molecule has 0 spiro atoms. The third-order valence-electron chi connectivity index (χ3n) is 4.56. The quantitative estimate of drug-likeness (QED) is 0.765. The fourth-order valence-corrected chi connectivity index (χ4v) is 3.96. The first kappa shape index (κ1) is 18.2. The zero-order valence-electron chi connectivity index (χ0n) is 14.8. The number of methoxy groups -OCH3 is 1. The second-order valence-corrected chi connectivity index (χ2v) is 8.15. The third kappa shape index (κ3) is 3.52. The Morgan fingerprint density at radius 3 is 2.65 bits per heavy atom. The van der Waals surface area contributed by atoms with E-state index in [9.17, 15) is 18.3 Å². The molecule has 1 aromatic heterocycles. The summed E-state index contributed by atoms with van der Waals surface area (Å²) in [6, 6.07) is 5.56. The molecule has 1 aliphatic carbocycles. The topological polar surface area (TPSA) is 111 Å². The Hall–Kier alpha value is -2.55. The van der Waals surface area contributed by atoms with Gasteiger partial charge in [-0.2, -0.15) is 5.10 Å². The zero-order valence-corrected chi connectivity index (χ0v) is 15.6. The second-order valence-electron chi connectivity index (χ2n) is 6.47. The SMILES string of the molecule is COc1ccc(S(=O)(=O)Nc2cc(C)n(C(C)C3CC3)n2)cc1C(=O)O. The standard InChI is InChI=1S/C17H21N3O5S/c1-10-8-16(18-20(10)11(2)12-4-5-12)19-26(23,24)13-6-7-15(25-3)14(9-13)17(21)22/h6-9,11-12H,4-5H2,1-3H3,(H,18,19)(H,21,22). The molecule has 8 nitrogen and oxygen atoms in total. The van der Waals surface area contributed by atoms with Gasteiger partial charge in [0.2, 0.25) is 0 Å². The van der Waals surface area contributed by atoms with Crippen LogP contribution in [0.15, 0.2) is 29.2 Å². The number of nitrogens with one attached hydrogen (secondary N) is 1. The summed E-state index contributed by atoms with van der Waals surface area (Å²) in [5.41, 5.74) is 0.641. The molecule has 1 atom stereocenters. The van der Waals surface area contributed by atoms with Crippen molar-refractivity contribution in [2.45, 2.75) is 37.6 Å². The molecule has 1 fully saturated rings. The van der Waals surface area contributed by atoms with Crippen molar-refractivity contribution in [1.29, 1.82) is 0 Å². The lowest BCUT2D eigenvalue weighted by molar-refractivity contribution is 0.0693. The van der Waals surface area contributed by atoms with Crippen molar-refractivity contribution in [3.8, 4) is 5.75 Å². The normalized spacial score (nSPS) is 15.5. The van der Waals surface area contributed by atoms with Gasteiger partial charge in [0.1, 0.15) is 11.3 Å². The molecule has 0 saturated heterocycles. The number of hydrogen-bond donors (Lipinski definition) is 2. The monoisotopic (exact) mass is 379 g/mol. The lowest BCUT2D eigenvalue weighted by atomic mass is 10.2. The van der Waals surface area contributed by atoms with Crippen LogP contribution in [0.1, 0.15) is 41.9 Å². The molecule has 3 rings (SSSR count). The number of aromatic nitrogens is 2. The number of carboxylic acids is 1. The van der Waals surface area contributed by atoms with Crippen molar-refractivity contribution in [2.24, 2.45) is 5.92 Å².